The zero-order valence-corrected chi connectivity index (χ0v) is 15.7. The number of carbonyl (C=O) groups excluding carboxylic acids is 2. The van der Waals surface area contributed by atoms with Gasteiger partial charge in [-0.25, -0.2) is 0 Å². The summed E-state index contributed by atoms with van der Waals surface area (Å²) in [5.74, 6) is 0.278. The minimum Gasteiger partial charge on any atom is -0.347 e. The molecule has 0 spiro atoms. The molecule has 0 saturated heterocycles. The summed E-state index contributed by atoms with van der Waals surface area (Å²) in [4.78, 5) is 26.9. The first-order valence-electron chi connectivity index (χ1n) is 9.10. The summed E-state index contributed by atoms with van der Waals surface area (Å²) < 4.78 is 1.77. The smallest absolute Gasteiger partial charge is 0.272 e. The van der Waals surface area contributed by atoms with E-state index in [2.05, 4.69) is 10.4 Å². The van der Waals surface area contributed by atoms with E-state index in [1.165, 1.54) is 0 Å². The maximum absolute atomic E-state index is 12.7. The molecular formula is C20H26N4O2. The standard InChI is InChI=1S/C20H26N4O2/c1-14(2)11-18(25)24-10-9-17-16(13-24)19(22-23(17)3)20(26)21-12-15-7-5-4-6-8-15/h4-8,14H,9-13H2,1-3H3,(H,21,26). The van der Waals surface area contributed by atoms with E-state index >= 15 is 0 Å². The van der Waals surface area contributed by atoms with Crippen molar-refractivity contribution in [2.24, 2.45) is 13.0 Å². The van der Waals surface area contributed by atoms with Crippen LogP contribution in [0.3, 0.4) is 0 Å². The van der Waals surface area contributed by atoms with Gasteiger partial charge in [0.05, 0.1) is 0 Å². The van der Waals surface area contributed by atoms with Crippen LogP contribution in [0, 0.1) is 5.92 Å². The number of nitrogens with zero attached hydrogens (tertiary/aromatic N) is 3. The Kier molecular flexibility index (Phi) is 5.40. The van der Waals surface area contributed by atoms with E-state index in [9.17, 15) is 9.59 Å². The Balaban J connectivity index is 1.73. The molecule has 0 fully saturated rings. The summed E-state index contributed by atoms with van der Waals surface area (Å²) in [6.45, 7) is 5.69. The Hall–Kier alpha value is -2.63. The van der Waals surface area contributed by atoms with Crippen LogP contribution in [0.4, 0.5) is 0 Å². The lowest BCUT2D eigenvalue weighted by Gasteiger charge is -2.28. The van der Waals surface area contributed by atoms with Crippen molar-refractivity contribution in [2.75, 3.05) is 6.54 Å². The Bertz CT molecular complexity index is 796. The van der Waals surface area contributed by atoms with Crippen LogP contribution < -0.4 is 5.32 Å². The molecule has 0 saturated carbocycles. The molecule has 3 rings (SSSR count). The predicted molar refractivity (Wildman–Crippen MR) is 99.4 cm³/mol. The number of fused-ring (bicyclic) bond motifs is 1. The van der Waals surface area contributed by atoms with Crippen molar-refractivity contribution in [2.45, 2.75) is 39.8 Å². The summed E-state index contributed by atoms with van der Waals surface area (Å²) in [6, 6.07) is 9.79. The second-order valence-electron chi connectivity index (χ2n) is 7.23. The van der Waals surface area contributed by atoms with Crippen LogP contribution in [0.25, 0.3) is 0 Å². The third kappa shape index (κ3) is 3.95. The van der Waals surface area contributed by atoms with E-state index in [0.29, 0.717) is 37.7 Å². The first-order chi connectivity index (χ1) is 12.5. The fraction of sp³-hybridized carbons (Fsp3) is 0.450. The van der Waals surface area contributed by atoms with Crippen molar-refractivity contribution in [1.29, 1.82) is 0 Å². The molecule has 1 aromatic carbocycles. The first-order valence-corrected chi connectivity index (χ1v) is 9.10. The zero-order chi connectivity index (χ0) is 18.7. The van der Waals surface area contributed by atoms with E-state index in [1.807, 2.05) is 56.1 Å². The fourth-order valence-electron chi connectivity index (χ4n) is 3.33. The molecule has 0 atom stereocenters. The first kappa shape index (κ1) is 18.2. The normalized spacial score (nSPS) is 13.6. The second kappa shape index (κ2) is 7.72. The molecule has 138 valence electrons. The highest BCUT2D eigenvalue weighted by molar-refractivity contribution is 5.94. The summed E-state index contributed by atoms with van der Waals surface area (Å²) in [6.07, 6.45) is 1.26. The molecule has 6 heteroatoms. The maximum atomic E-state index is 12.7. The third-order valence-electron chi connectivity index (χ3n) is 4.69. The lowest BCUT2D eigenvalue weighted by molar-refractivity contribution is -0.132. The fourth-order valence-corrected chi connectivity index (χ4v) is 3.33. The molecule has 0 aliphatic carbocycles. The number of aryl methyl sites for hydroxylation is 1. The Morgan fingerprint density at radius 3 is 2.65 bits per heavy atom. The molecule has 2 aromatic rings. The lowest BCUT2D eigenvalue weighted by atomic mass is 10.0. The number of amides is 2. The van der Waals surface area contributed by atoms with Crippen molar-refractivity contribution in [3.8, 4) is 0 Å². The van der Waals surface area contributed by atoms with Gasteiger partial charge in [0.25, 0.3) is 5.91 Å². The summed E-state index contributed by atoms with van der Waals surface area (Å²) in [5, 5.41) is 7.36. The molecule has 0 radical (unpaired) electrons. The van der Waals surface area contributed by atoms with E-state index in [-0.39, 0.29) is 11.8 Å². The van der Waals surface area contributed by atoms with Gasteiger partial charge in [0.2, 0.25) is 5.91 Å². The van der Waals surface area contributed by atoms with Gasteiger partial charge in [-0.2, -0.15) is 5.10 Å². The van der Waals surface area contributed by atoms with E-state index in [1.54, 1.807) is 4.68 Å². The largest absolute Gasteiger partial charge is 0.347 e. The molecule has 1 aromatic heterocycles. The monoisotopic (exact) mass is 354 g/mol. The van der Waals surface area contributed by atoms with E-state index in [0.717, 1.165) is 23.2 Å². The van der Waals surface area contributed by atoms with Crippen LogP contribution in [0.5, 0.6) is 0 Å². The molecule has 6 nitrogen and oxygen atoms in total. The van der Waals surface area contributed by atoms with Crippen molar-refractivity contribution in [3.05, 3.63) is 52.8 Å². The summed E-state index contributed by atoms with van der Waals surface area (Å²) in [5.41, 5.74) is 3.39. The number of carbonyl (C=O) groups is 2. The van der Waals surface area contributed by atoms with Gasteiger partial charge in [-0.15, -0.1) is 0 Å². The Morgan fingerprint density at radius 1 is 1.23 bits per heavy atom. The van der Waals surface area contributed by atoms with Crippen molar-refractivity contribution in [3.63, 3.8) is 0 Å². The van der Waals surface area contributed by atoms with Gasteiger partial charge in [0.15, 0.2) is 5.69 Å². The van der Waals surface area contributed by atoms with Gasteiger partial charge in [-0.3, -0.25) is 14.3 Å². The van der Waals surface area contributed by atoms with Gasteiger partial charge < -0.3 is 10.2 Å². The van der Waals surface area contributed by atoms with Crippen LogP contribution in [0.2, 0.25) is 0 Å². The molecule has 26 heavy (non-hydrogen) atoms. The van der Waals surface area contributed by atoms with E-state index < -0.39 is 0 Å². The highest BCUT2D eigenvalue weighted by Gasteiger charge is 2.29. The lowest BCUT2D eigenvalue weighted by Crippen LogP contribution is -2.37. The van der Waals surface area contributed by atoms with Gasteiger partial charge in [-0.05, 0) is 11.5 Å². The highest BCUT2D eigenvalue weighted by Crippen LogP contribution is 2.23. The number of benzene rings is 1. The number of rotatable bonds is 5. The highest BCUT2D eigenvalue weighted by atomic mass is 16.2. The minimum absolute atomic E-state index is 0.144. The van der Waals surface area contributed by atoms with Crippen LogP contribution in [-0.4, -0.2) is 33.0 Å². The third-order valence-corrected chi connectivity index (χ3v) is 4.69. The number of aromatic nitrogens is 2. The average Bonchev–Trinajstić information content (AvgIpc) is 2.96. The minimum atomic E-state index is -0.191. The van der Waals surface area contributed by atoms with Crippen LogP contribution in [0.15, 0.2) is 30.3 Å². The van der Waals surface area contributed by atoms with Crippen LogP contribution in [-0.2, 0) is 31.4 Å². The molecule has 0 unspecified atom stereocenters. The van der Waals surface area contributed by atoms with Gasteiger partial charge in [0, 0.05) is 50.8 Å². The molecule has 2 amide bonds. The van der Waals surface area contributed by atoms with Crippen molar-refractivity contribution < 1.29 is 9.59 Å². The molecule has 0 bridgehead atoms. The summed E-state index contributed by atoms with van der Waals surface area (Å²) in [7, 11) is 1.86. The molecule has 2 heterocycles. The quantitative estimate of drug-likeness (QED) is 0.896. The van der Waals surface area contributed by atoms with Gasteiger partial charge in [0.1, 0.15) is 0 Å². The maximum Gasteiger partial charge on any atom is 0.272 e. The number of hydrogen-bond acceptors (Lipinski definition) is 3. The van der Waals surface area contributed by atoms with Gasteiger partial charge in [-0.1, -0.05) is 44.2 Å². The average molecular weight is 354 g/mol. The topological polar surface area (TPSA) is 67.2 Å². The Morgan fingerprint density at radius 2 is 1.96 bits per heavy atom. The molecular weight excluding hydrogens is 328 g/mol. The zero-order valence-electron chi connectivity index (χ0n) is 15.7. The second-order valence-corrected chi connectivity index (χ2v) is 7.23. The van der Waals surface area contributed by atoms with Crippen LogP contribution >= 0.6 is 0 Å². The number of hydrogen-bond donors (Lipinski definition) is 1. The summed E-state index contributed by atoms with van der Waals surface area (Å²) >= 11 is 0. The molecule has 1 N–H and O–H groups in total. The van der Waals surface area contributed by atoms with Gasteiger partial charge >= 0.3 is 0 Å². The SMILES string of the molecule is CC(C)CC(=O)N1CCc2c(c(C(=O)NCc3ccccc3)nn2C)C1. The predicted octanol–water partition coefficient (Wildman–Crippen LogP) is 2.28. The van der Waals surface area contributed by atoms with Crippen molar-refractivity contribution in [1.82, 2.24) is 20.0 Å². The Labute approximate surface area is 154 Å². The van der Waals surface area contributed by atoms with Crippen molar-refractivity contribution >= 4 is 11.8 Å². The van der Waals surface area contributed by atoms with E-state index in [4.69, 9.17) is 0 Å². The number of nitrogens with one attached hydrogen (secondary N) is 1. The van der Waals surface area contributed by atoms with Crippen LogP contribution in [0.1, 0.15) is 47.6 Å². The molecule has 1 aliphatic rings. The molecule has 1 aliphatic heterocycles.